The summed E-state index contributed by atoms with van der Waals surface area (Å²) < 4.78 is 1.83. The van der Waals surface area contributed by atoms with Crippen molar-refractivity contribution in [1.82, 2.24) is 20.2 Å². The number of halogens is 1. The average molecular weight is 447 g/mol. The largest absolute Gasteiger partial charge is 0.286 e. The first-order chi connectivity index (χ1) is 15.5. The molecule has 0 radical (unpaired) electrons. The molecule has 1 aliphatic carbocycles. The summed E-state index contributed by atoms with van der Waals surface area (Å²) in [6.45, 7) is 3.73. The summed E-state index contributed by atoms with van der Waals surface area (Å²) >= 11 is 6.63. The minimum absolute atomic E-state index is 0.165. The second kappa shape index (κ2) is 8.76. The van der Waals surface area contributed by atoms with E-state index in [1.54, 1.807) is 0 Å². The fraction of sp³-hybridized carbons (Fsp3) is 0.360. The summed E-state index contributed by atoms with van der Waals surface area (Å²) in [4.78, 5) is 13.2. The molecule has 1 saturated heterocycles. The fourth-order valence-corrected chi connectivity index (χ4v) is 4.86. The van der Waals surface area contributed by atoms with E-state index in [1.165, 1.54) is 24.8 Å². The number of nitrogens with one attached hydrogen (secondary N) is 1. The zero-order chi connectivity index (χ0) is 22.2. The highest BCUT2D eigenvalue weighted by molar-refractivity contribution is 6.37. The molecule has 2 aromatic carbocycles. The van der Waals surface area contributed by atoms with Crippen molar-refractivity contribution in [2.24, 2.45) is 0 Å². The zero-order valence-electron chi connectivity index (χ0n) is 18.7. The van der Waals surface area contributed by atoms with Crippen molar-refractivity contribution in [3.05, 3.63) is 64.3 Å². The number of hydrogen-bond donors (Lipinski definition) is 1. The topological polar surface area (TPSA) is 50.2 Å². The van der Waals surface area contributed by atoms with Gasteiger partial charge >= 0.3 is 0 Å². The molecule has 5 rings (SSSR count). The van der Waals surface area contributed by atoms with Crippen LogP contribution in [-0.4, -0.2) is 41.6 Å². The van der Waals surface area contributed by atoms with E-state index in [2.05, 4.69) is 29.7 Å². The van der Waals surface area contributed by atoms with Crippen LogP contribution in [0, 0.1) is 6.92 Å². The monoisotopic (exact) mass is 446 g/mol. The SMILES string of the molecule is Bc1ccc(-n2nc(C(=O)NN3CCCCC3)c(C)c2-c2ccc(C3CC3)cc2)c(Cl)c1. The second-order valence-electron chi connectivity index (χ2n) is 9.07. The highest BCUT2D eigenvalue weighted by Crippen LogP contribution is 2.41. The molecule has 2 fully saturated rings. The number of piperidine rings is 1. The van der Waals surface area contributed by atoms with Gasteiger partial charge in [-0.25, -0.2) is 9.69 Å². The minimum atomic E-state index is -0.165. The lowest BCUT2D eigenvalue weighted by Crippen LogP contribution is -2.45. The van der Waals surface area contributed by atoms with Crippen LogP contribution in [0.4, 0.5) is 0 Å². The van der Waals surface area contributed by atoms with Crippen molar-refractivity contribution >= 4 is 30.8 Å². The van der Waals surface area contributed by atoms with Crippen LogP contribution >= 0.6 is 11.6 Å². The van der Waals surface area contributed by atoms with Crippen LogP contribution in [0.25, 0.3) is 16.9 Å². The third-order valence-corrected chi connectivity index (χ3v) is 6.82. The van der Waals surface area contributed by atoms with Crippen LogP contribution in [0.3, 0.4) is 0 Å². The number of benzene rings is 2. The summed E-state index contributed by atoms with van der Waals surface area (Å²) in [5.41, 5.74) is 9.54. The molecule has 0 bridgehead atoms. The maximum absolute atomic E-state index is 13.2. The smallest absolute Gasteiger partial charge is 0.283 e. The van der Waals surface area contributed by atoms with Gasteiger partial charge in [-0.3, -0.25) is 10.2 Å². The first kappa shape index (κ1) is 21.3. The molecular formula is C25H28BClN4O. The van der Waals surface area contributed by atoms with E-state index in [-0.39, 0.29) is 5.91 Å². The first-order valence-electron chi connectivity index (χ1n) is 11.5. The first-order valence-corrected chi connectivity index (χ1v) is 11.9. The maximum Gasteiger partial charge on any atom is 0.286 e. The van der Waals surface area contributed by atoms with Crippen molar-refractivity contribution < 1.29 is 4.79 Å². The standard InChI is InChI=1S/C25H28BClN4O/c1-16-23(25(32)29-30-13-3-2-4-14-30)28-31(22-12-11-20(26)15-21(22)27)24(16)19-9-7-18(8-10-19)17-5-6-17/h7-12,15,17H,2-6,13-14,26H2,1H3,(H,29,32). The van der Waals surface area contributed by atoms with E-state index in [0.717, 1.165) is 53.9 Å². The predicted molar refractivity (Wildman–Crippen MR) is 132 cm³/mol. The molecule has 7 heteroatoms. The summed E-state index contributed by atoms with van der Waals surface area (Å²) in [5.74, 6) is 0.537. The minimum Gasteiger partial charge on any atom is -0.283 e. The van der Waals surface area contributed by atoms with E-state index in [4.69, 9.17) is 16.7 Å². The molecule has 0 unspecified atom stereocenters. The number of amides is 1. The summed E-state index contributed by atoms with van der Waals surface area (Å²) in [7, 11) is 2.01. The van der Waals surface area contributed by atoms with Gasteiger partial charge < -0.3 is 0 Å². The van der Waals surface area contributed by atoms with Crippen LogP contribution in [-0.2, 0) is 0 Å². The average Bonchev–Trinajstić information content (AvgIpc) is 3.58. The molecule has 1 amide bonds. The van der Waals surface area contributed by atoms with Crippen LogP contribution in [0.2, 0.25) is 5.02 Å². The molecule has 1 N–H and O–H groups in total. The van der Waals surface area contributed by atoms with E-state index in [1.807, 2.05) is 42.7 Å². The van der Waals surface area contributed by atoms with Crippen molar-refractivity contribution in [3.8, 4) is 16.9 Å². The molecule has 1 aromatic heterocycles. The Morgan fingerprint density at radius 2 is 1.81 bits per heavy atom. The Morgan fingerprint density at radius 1 is 1.09 bits per heavy atom. The highest BCUT2D eigenvalue weighted by Gasteiger charge is 2.26. The highest BCUT2D eigenvalue weighted by atomic mass is 35.5. The van der Waals surface area contributed by atoms with Crippen LogP contribution in [0.15, 0.2) is 42.5 Å². The Hall–Kier alpha value is -2.57. The van der Waals surface area contributed by atoms with Crippen molar-refractivity contribution in [3.63, 3.8) is 0 Å². The molecule has 164 valence electrons. The summed E-state index contributed by atoms with van der Waals surface area (Å²) in [6.07, 6.45) is 5.97. The Labute approximate surface area is 195 Å². The molecule has 1 saturated carbocycles. The molecule has 0 atom stereocenters. The maximum atomic E-state index is 13.2. The van der Waals surface area contributed by atoms with Crippen molar-refractivity contribution in [1.29, 1.82) is 0 Å². The number of nitrogens with zero attached hydrogens (tertiary/aromatic N) is 3. The van der Waals surface area contributed by atoms with Gasteiger partial charge in [-0.2, -0.15) is 5.10 Å². The van der Waals surface area contributed by atoms with Gasteiger partial charge in [-0.1, -0.05) is 53.8 Å². The molecule has 5 nitrogen and oxygen atoms in total. The molecule has 3 aromatic rings. The van der Waals surface area contributed by atoms with Crippen LogP contribution in [0.5, 0.6) is 0 Å². The second-order valence-corrected chi connectivity index (χ2v) is 9.48. The van der Waals surface area contributed by atoms with Gasteiger partial charge in [0.2, 0.25) is 0 Å². The van der Waals surface area contributed by atoms with Crippen molar-refractivity contribution in [2.45, 2.75) is 44.9 Å². The summed E-state index contributed by atoms with van der Waals surface area (Å²) in [6, 6.07) is 14.6. The van der Waals surface area contributed by atoms with Gasteiger partial charge in [0.15, 0.2) is 5.69 Å². The zero-order valence-corrected chi connectivity index (χ0v) is 19.5. The molecule has 0 spiro atoms. The lowest BCUT2D eigenvalue weighted by Gasteiger charge is -2.26. The van der Waals surface area contributed by atoms with E-state index >= 15 is 0 Å². The molecule has 2 aliphatic rings. The Morgan fingerprint density at radius 3 is 2.47 bits per heavy atom. The molecule has 32 heavy (non-hydrogen) atoms. The Bertz CT molecular complexity index is 1150. The van der Waals surface area contributed by atoms with Gasteiger partial charge in [-0.15, -0.1) is 0 Å². The van der Waals surface area contributed by atoms with Crippen LogP contribution < -0.4 is 10.9 Å². The molecule has 1 aliphatic heterocycles. The number of carbonyl (C=O) groups is 1. The third kappa shape index (κ3) is 4.22. The lowest BCUT2D eigenvalue weighted by atomic mass is 9.96. The predicted octanol–water partition coefficient (Wildman–Crippen LogP) is 3.77. The quantitative estimate of drug-likeness (QED) is 0.607. The lowest BCUT2D eigenvalue weighted by molar-refractivity contribution is 0.0743. The van der Waals surface area contributed by atoms with E-state index < -0.39 is 0 Å². The number of hydrazine groups is 1. The fourth-order valence-electron chi connectivity index (χ4n) is 4.54. The number of aromatic nitrogens is 2. The Kier molecular flexibility index (Phi) is 5.83. The van der Waals surface area contributed by atoms with E-state index in [0.29, 0.717) is 16.6 Å². The summed E-state index contributed by atoms with van der Waals surface area (Å²) in [5, 5.41) is 7.40. The van der Waals surface area contributed by atoms with E-state index in [9.17, 15) is 4.79 Å². The Balaban J connectivity index is 1.57. The number of carbonyl (C=O) groups excluding carboxylic acids is 1. The van der Waals surface area contributed by atoms with Crippen molar-refractivity contribution in [2.75, 3.05) is 13.1 Å². The molecule has 2 heterocycles. The van der Waals surface area contributed by atoms with Crippen LogP contribution in [0.1, 0.15) is 59.6 Å². The number of rotatable bonds is 5. The van der Waals surface area contributed by atoms with Gasteiger partial charge in [-0.05, 0) is 56.2 Å². The number of hydrogen-bond acceptors (Lipinski definition) is 3. The van der Waals surface area contributed by atoms with Gasteiger partial charge in [0.25, 0.3) is 5.91 Å². The van der Waals surface area contributed by atoms with Gasteiger partial charge in [0.1, 0.15) is 7.85 Å². The molecular weight excluding hydrogens is 419 g/mol. The van der Waals surface area contributed by atoms with Gasteiger partial charge in [0, 0.05) is 24.2 Å². The van der Waals surface area contributed by atoms with Gasteiger partial charge in [0.05, 0.1) is 16.4 Å². The normalized spacial score (nSPS) is 16.8. The third-order valence-electron chi connectivity index (χ3n) is 6.52.